The molecule has 1 aromatic carbocycles. The number of nitrogen functional groups attached to an aromatic ring is 1. The summed E-state index contributed by atoms with van der Waals surface area (Å²) in [5.74, 6) is -0.453. The van der Waals surface area contributed by atoms with Gasteiger partial charge in [0.1, 0.15) is 0 Å². The Morgan fingerprint density at radius 2 is 1.95 bits per heavy atom. The van der Waals surface area contributed by atoms with Crippen LogP contribution in [-0.4, -0.2) is 23.9 Å². The number of hydrogen-bond acceptors (Lipinski definition) is 3. The van der Waals surface area contributed by atoms with Crippen molar-refractivity contribution in [2.75, 3.05) is 12.3 Å². The summed E-state index contributed by atoms with van der Waals surface area (Å²) in [4.78, 5) is 23.5. The van der Waals surface area contributed by atoms with E-state index in [0.717, 1.165) is 0 Å². The predicted octanol–water partition coefficient (Wildman–Crippen LogP) is 1.96. The standard InChI is InChI=1S/C14H20ClN3O2/c1-14(2,3)18-11(19)7-8-17-13(20)9-5-4-6-10(15)12(9)16/h4-6H,7-8,16H2,1-3H3,(H,17,20)(H,18,19). The van der Waals surface area contributed by atoms with Gasteiger partial charge in [-0.25, -0.2) is 0 Å². The third-order valence-electron chi connectivity index (χ3n) is 2.45. The van der Waals surface area contributed by atoms with Crippen molar-refractivity contribution in [1.29, 1.82) is 0 Å². The molecule has 5 nitrogen and oxygen atoms in total. The number of rotatable bonds is 4. The maximum Gasteiger partial charge on any atom is 0.253 e. The van der Waals surface area contributed by atoms with Gasteiger partial charge in [0.25, 0.3) is 5.91 Å². The zero-order valence-electron chi connectivity index (χ0n) is 11.9. The first kappa shape index (κ1) is 16.3. The fourth-order valence-electron chi connectivity index (χ4n) is 1.60. The van der Waals surface area contributed by atoms with E-state index in [2.05, 4.69) is 10.6 Å². The third kappa shape index (κ3) is 5.09. The first-order valence-electron chi connectivity index (χ1n) is 6.34. The maximum absolute atomic E-state index is 11.9. The second-order valence-corrected chi connectivity index (χ2v) is 5.91. The van der Waals surface area contributed by atoms with Gasteiger partial charge in [-0.2, -0.15) is 0 Å². The highest BCUT2D eigenvalue weighted by Crippen LogP contribution is 2.22. The van der Waals surface area contributed by atoms with Crippen molar-refractivity contribution in [2.24, 2.45) is 0 Å². The summed E-state index contributed by atoms with van der Waals surface area (Å²) in [6.07, 6.45) is 0.212. The van der Waals surface area contributed by atoms with Gasteiger partial charge in [0.05, 0.1) is 16.3 Å². The molecule has 0 aromatic heterocycles. The molecule has 110 valence electrons. The van der Waals surface area contributed by atoms with Crippen LogP contribution in [0.5, 0.6) is 0 Å². The number of amides is 2. The summed E-state index contributed by atoms with van der Waals surface area (Å²) in [6, 6.07) is 4.86. The lowest BCUT2D eigenvalue weighted by atomic mass is 10.1. The van der Waals surface area contributed by atoms with Crippen LogP contribution in [0.25, 0.3) is 0 Å². The number of benzene rings is 1. The molecule has 0 radical (unpaired) electrons. The molecule has 0 fully saturated rings. The van der Waals surface area contributed by atoms with E-state index in [1.54, 1.807) is 18.2 Å². The van der Waals surface area contributed by atoms with E-state index in [4.69, 9.17) is 17.3 Å². The zero-order valence-corrected chi connectivity index (χ0v) is 12.7. The largest absolute Gasteiger partial charge is 0.397 e. The molecule has 0 aliphatic rings. The minimum Gasteiger partial charge on any atom is -0.397 e. The van der Waals surface area contributed by atoms with Crippen molar-refractivity contribution in [1.82, 2.24) is 10.6 Å². The van der Waals surface area contributed by atoms with E-state index in [1.807, 2.05) is 20.8 Å². The van der Waals surface area contributed by atoms with E-state index in [9.17, 15) is 9.59 Å². The van der Waals surface area contributed by atoms with E-state index in [1.165, 1.54) is 0 Å². The Bertz CT molecular complexity index is 510. The van der Waals surface area contributed by atoms with E-state index < -0.39 is 0 Å². The number of para-hydroxylation sites is 1. The molecule has 0 saturated heterocycles. The molecule has 1 rings (SSSR count). The number of anilines is 1. The topological polar surface area (TPSA) is 84.2 Å². The van der Waals surface area contributed by atoms with Crippen LogP contribution in [0.2, 0.25) is 5.02 Å². The maximum atomic E-state index is 11.9. The Balaban J connectivity index is 2.48. The minimum absolute atomic E-state index is 0.114. The highest BCUT2D eigenvalue weighted by Gasteiger charge is 2.15. The van der Waals surface area contributed by atoms with E-state index in [0.29, 0.717) is 10.6 Å². The van der Waals surface area contributed by atoms with Crippen molar-refractivity contribution in [3.05, 3.63) is 28.8 Å². The van der Waals surface area contributed by atoms with Crippen LogP contribution >= 0.6 is 11.6 Å². The molecule has 20 heavy (non-hydrogen) atoms. The van der Waals surface area contributed by atoms with E-state index in [-0.39, 0.29) is 36.0 Å². The second kappa shape index (κ2) is 6.61. The number of nitrogens with two attached hydrogens (primary N) is 1. The number of carbonyl (C=O) groups is 2. The molecule has 0 atom stereocenters. The van der Waals surface area contributed by atoms with Crippen molar-refractivity contribution in [2.45, 2.75) is 32.7 Å². The van der Waals surface area contributed by atoms with Gasteiger partial charge in [-0.15, -0.1) is 0 Å². The fraction of sp³-hybridized carbons (Fsp3) is 0.429. The van der Waals surface area contributed by atoms with Crippen LogP contribution in [0.1, 0.15) is 37.6 Å². The summed E-state index contributed by atoms with van der Waals surface area (Å²) >= 11 is 5.85. The lowest BCUT2D eigenvalue weighted by molar-refractivity contribution is -0.122. The molecule has 2 amide bonds. The first-order chi connectivity index (χ1) is 9.20. The van der Waals surface area contributed by atoms with Gasteiger partial charge in [-0.1, -0.05) is 17.7 Å². The summed E-state index contributed by atoms with van der Waals surface area (Å²) < 4.78 is 0. The Hall–Kier alpha value is -1.75. The molecular weight excluding hydrogens is 278 g/mol. The molecule has 0 bridgehead atoms. The van der Waals surface area contributed by atoms with Gasteiger partial charge in [-0.3, -0.25) is 9.59 Å². The second-order valence-electron chi connectivity index (χ2n) is 5.51. The molecular formula is C14H20ClN3O2. The van der Waals surface area contributed by atoms with Crippen molar-refractivity contribution < 1.29 is 9.59 Å². The molecule has 0 unspecified atom stereocenters. The van der Waals surface area contributed by atoms with Crippen LogP contribution in [0.3, 0.4) is 0 Å². The number of nitrogens with one attached hydrogen (secondary N) is 2. The number of hydrogen-bond donors (Lipinski definition) is 3. The zero-order chi connectivity index (χ0) is 15.3. The van der Waals surface area contributed by atoms with Crippen molar-refractivity contribution in [3.8, 4) is 0 Å². The third-order valence-corrected chi connectivity index (χ3v) is 2.78. The van der Waals surface area contributed by atoms with Crippen molar-refractivity contribution in [3.63, 3.8) is 0 Å². The van der Waals surface area contributed by atoms with Gasteiger partial charge >= 0.3 is 0 Å². The number of halogens is 1. The average Bonchev–Trinajstić information content (AvgIpc) is 2.30. The molecule has 1 aromatic rings. The Kier molecular flexibility index (Phi) is 5.39. The first-order valence-corrected chi connectivity index (χ1v) is 6.71. The Labute approximate surface area is 123 Å². The summed E-state index contributed by atoms with van der Waals surface area (Å²) in [5, 5.41) is 5.80. The van der Waals surface area contributed by atoms with Gasteiger partial charge in [0.15, 0.2) is 0 Å². The van der Waals surface area contributed by atoms with Crippen LogP contribution in [0.15, 0.2) is 18.2 Å². The lowest BCUT2D eigenvalue weighted by Crippen LogP contribution is -2.42. The van der Waals surface area contributed by atoms with Crippen LogP contribution < -0.4 is 16.4 Å². The monoisotopic (exact) mass is 297 g/mol. The van der Waals surface area contributed by atoms with Gasteiger partial charge in [0, 0.05) is 18.5 Å². The lowest BCUT2D eigenvalue weighted by Gasteiger charge is -2.20. The Morgan fingerprint density at radius 1 is 1.30 bits per heavy atom. The smallest absolute Gasteiger partial charge is 0.253 e. The molecule has 0 saturated carbocycles. The fourth-order valence-corrected chi connectivity index (χ4v) is 1.78. The molecule has 0 aliphatic heterocycles. The minimum atomic E-state index is -0.339. The van der Waals surface area contributed by atoms with Crippen LogP contribution in [0, 0.1) is 0 Å². The van der Waals surface area contributed by atoms with E-state index >= 15 is 0 Å². The molecule has 0 aliphatic carbocycles. The normalized spacial score (nSPS) is 11.0. The van der Waals surface area contributed by atoms with Crippen LogP contribution in [-0.2, 0) is 4.79 Å². The molecule has 6 heteroatoms. The number of carbonyl (C=O) groups excluding carboxylic acids is 2. The molecule has 0 heterocycles. The highest BCUT2D eigenvalue weighted by atomic mass is 35.5. The van der Waals surface area contributed by atoms with Gasteiger partial charge < -0.3 is 16.4 Å². The quantitative estimate of drug-likeness (QED) is 0.743. The molecule has 4 N–H and O–H groups in total. The van der Waals surface area contributed by atoms with Crippen LogP contribution in [0.4, 0.5) is 5.69 Å². The van der Waals surface area contributed by atoms with Gasteiger partial charge in [-0.05, 0) is 32.9 Å². The predicted molar refractivity (Wildman–Crippen MR) is 80.7 cm³/mol. The highest BCUT2D eigenvalue weighted by molar-refractivity contribution is 6.33. The average molecular weight is 298 g/mol. The summed E-state index contributed by atoms with van der Waals surface area (Å²) in [6.45, 7) is 5.94. The summed E-state index contributed by atoms with van der Waals surface area (Å²) in [7, 11) is 0. The SMILES string of the molecule is CC(C)(C)NC(=O)CCNC(=O)c1cccc(Cl)c1N. The summed E-state index contributed by atoms with van der Waals surface area (Å²) in [5.41, 5.74) is 6.00. The van der Waals surface area contributed by atoms with Crippen molar-refractivity contribution >= 4 is 29.1 Å². The Morgan fingerprint density at radius 3 is 2.55 bits per heavy atom. The molecule has 0 spiro atoms. The van der Waals surface area contributed by atoms with Gasteiger partial charge in [0.2, 0.25) is 5.91 Å².